The van der Waals surface area contributed by atoms with Gasteiger partial charge < -0.3 is 14.7 Å². The van der Waals surface area contributed by atoms with Gasteiger partial charge in [-0.1, -0.05) is 12.0 Å². The Kier molecular flexibility index (Phi) is 5.17. The summed E-state index contributed by atoms with van der Waals surface area (Å²) in [6.07, 6.45) is 7.31. The molecule has 138 valence electrons. The summed E-state index contributed by atoms with van der Waals surface area (Å²) in [5.41, 5.74) is 0.206. The number of hydrogen-bond acceptors (Lipinski definition) is 7. The number of nitrogens with zero attached hydrogens (tertiary/aromatic N) is 4. The van der Waals surface area contributed by atoms with Crippen molar-refractivity contribution in [2.45, 2.75) is 12.8 Å². The standard InChI is InChI=1S/C18H16N4O5/c1-2-12-4-3-5-14(10-12)27-17-15(22(25)26)16(19-11-20-17)21-8-6-13(7-9-21)18(23)24/h1,3-5,10-11,13H,6-9H2,(H,23,24). The second kappa shape index (κ2) is 7.70. The maximum absolute atomic E-state index is 11.7. The zero-order chi connectivity index (χ0) is 19.4. The first-order valence-electron chi connectivity index (χ1n) is 8.21. The van der Waals surface area contributed by atoms with Gasteiger partial charge >= 0.3 is 17.5 Å². The van der Waals surface area contributed by atoms with Crippen molar-refractivity contribution in [2.24, 2.45) is 5.92 Å². The van der Waals surface area contributed by atoms with Crippen LogP contribution in [-0.2, 0) is 4.79 Å². The van der Waals surface area contributed by atoms with Crippen LogP contribution in [0.4, 0.5) is 11.5 Å². The number of anilines is 1. The van der Waals surface area contributed by atoms with Crippen molar-refractivity contribution in [3.8, 4) is 24.0 Å². The highest BCUT2D eigenvalue weighted by molar-refractivity contribution is 5.71. The molecular weight excluding hydrogens is 352 g/mol. The van der Waals surface area contributed by atoms with Crippen LogP contribution in [0.1, 0.15) is 18.4 Å². The SMILES string of the molecule is C#Cc1cccc(Oc2ncnc(N3CCC(C(=O)O)CC3)c2[N+](=O)[O-])c1. The molecule has 1 aliphatic heterocycles. The van der Waals surface area contributed by atoms with Crippen LogP contribution in [0.3, 0.4) is 0 Å². The molecule has 27 heavy (non-hydrogen) atoms. The number of carboxylic acids is 1. The lowest BCUT2D eigenvalue weighted by Gasteiger charge is -2.30. The van der Waals surface area contributed by atoms with Crippen molar-refractivity contribution >= 4 is 17.5 Å². The highest BCUT2D eigenvalue weighted by Gasteiger charge is 2.32. The number of carbonyl (C=O) groups is 1. The van der Waals surface area contributed by atoms with Gasteiger partial charge in [-0.2, -0.15) is 4.98 Å². The molecule has 2 heterocycles. The summed E-state index contributed by atoms with van der Waals surface area (Å²) in [6, 6.07) is 6.57. The van der Waals surface area contributed by atoms with E-state index in [1.165, 1.54) is 6.33 Å². The van der Waals surface area contributed by atoms with E-state index < -0.39 is 16.8 Å². The van der Waals surface area contributed by atoms with Crippen LogP contribution in [0.5, 0.6) is 11.6 Å². The van der Waals surface area contributed by atoms with Crippen molar-refractivity contribution in [3.05, 3.63) is 46.3 Å². The molecule has 0 radical (unpaired) electrons. The van der Waals surface area contributed by atoms with Gasteiger partial charge in [0.1, 0.15) is 12.1 Å². The van der Waals surface area contributed by atoms with E-state index in [0.717, 1.165) is 0 Å². The Morgan fingerprint density at radius 2 is 2.11 bits per heavy atom. The number of terminal acetylenes is 1. The lowest BCUT2D eigenvalue weighted by atomic mass is 9.97. The van der Waals surface area contributed by atoms with E-state index in [4.69, 9.17) is 16.3 Å². The number of carboxylic acid groups (broad SMARTS) is 1. The van der Waals surface area contributed by atoms with Crippen LogP contribution in [-0.4, -0.2) is 39.1 Å². The van der Waals surface area contributed by atoms with Crippen molar-refractivity contribution in [2.75, 3.05) is 18.0 Å². The molecule has 3 rings (SSSR count). The fraction of sp³-hybridized carbons (Fsp3) is 0.278. The van der Waals surface area contributed by atoms with Crippen molar-refractivity contribution in [3.63, 3.8) is 0 Å². The molecule has 0 unspecified atom stereocenters. The van der Waals surface area contributed by atoms with Gasteiger partial charge in [0.2, 0.25) is 5.82 Å². The molecule has 0 aliphatic carbocycles. The van der Waals surface area contributed by atoms with Gasteiger partial charge in [0.05, 0.1) is 10.8 Å². The lowest BCUT2D eigenvalue weighted by Crippen LogP contribution is -2.37. The molecule has 0 amide bonds. The first-order valence-corrected chi connectivity index (χ1v) is 8.21. The Hall–Kier alpha value is -3.67. The third-order valence-corrected chi connectivity index (χ3v) is 4.31. The third kappa shape index (κ3) is 3.95. The molecule has 1 aromatic carbocycles. The molecule has 1 aromatic heterocycles. The molecule has 9 heteroatoms. The van der Waals surface area contributed by atoms with Crippen molar-refractivity contribution < 1.29 is 19.6 Å². The zero-order valence-corrected chi connectivity index (χ0v) is 14.2. The van der Waals surface area contributed by atoms with Gasteiger partial charge in [-0.3, -0.25) is 14.9 Å². The molecule has 1 fully saturated rings. The van der Waals surface area contributed by atoms with Crippen LogP contribution in [0, 0.1) is 28.4 Å². The molecule has 0 spiro atoms. The average Bonchev–Trinajstić information content (AvgIpc) is 2.68. The summed E-state index contributed by atoms with van der Waals surface area (Å²) < 4.78 is 5.60. The minimum absolute atomic E-state index is 0.113. The highest BCUT2D eigenvalue weighted by Crippen LogP contribution is 2.37. The molecule has 1 N–H and O–H groups in total. The summed E-state index contributed by atoms with van der Waals surface area (Å²) in [7, 11) is 0. The van der Waals surface area contributed by atoms with Gasteiger partial charge in [-0.25, -0.2) is 4.98 Å². The van der Waals surface area contributed by atoms with Crippen LogP contribution >= 0.6 is 0 Å². The normalized spacial score (nSPS) is 14.4. The molecule has 1 aliphatic rings. The molecule has 2 aromatic rings. The Balaban J connectivity index is 1.90. The molecular formula is C18H16N4O5. The number of aliphatic carboxylic acids is 1. The Morgan fingerprint density at radius 1 is 1.37 bits per heavy atom. The van der Waals surface area contributed by atoms with Gasteiger partial charge in [0, 0.05) is 18.7 Å². The Labute approximate surface area is 154 Å². The number of piperidine rings is 1. The molecule has 9 nitrogen and oxygen atoms in total. The van der Waals surface area contributed by atoms with Gasteiger partial charge in [-0.05, 0) is 31.0 Å². The van der Waals surface area contributed by atoms with E-state index in [1.807, 2.05) is 0 Å². The first-order chi connectivity index (χ1) is 13.0. The second-order valence-electron chi connectivity index (χ2n) is 5.98. The topological polar surface area (TPSA) is 119 Å². The minimum Gasteiger partial charge on any atom is -0.481 e. The van der Waals surface area contributed by atoms with Crippen LogP contribution < -0.4 is 9.64 Å². The summed E-state index contributed by atoms with van der Waals surface area (Å²) in [6.45, 7) is 0.696. The smallest absolute Gasteiger partial charge is 0.373 e. The maximum atomic E-state index is 11.7. The molecule has 1 saturated heterocycles. The molecule has 0 saturated carbocycles. The summed E-state index contributed by atoms with van der Waals surface area (Å²) in [5.74, 6) is 1.39. The highest BCUT2D eigenvalue weighted by atomic mass is 16.6. The molecule has 0 atom stereocenters. The van der Waals surface area contributed by atoms with Gasteiger partial charge in [0.15, 0.2) is 0 Å². The van der Waals surface area contributed by atoms with Crippen molar-refractivity contribution in [1.82, 2.24) is 9.97 Å². The van der Waals surface area contributed by atoms with E-state index in [-0.39, 0.29) is 17.4 Å². The Bertz CT molecular complexity index is 916. The Morgan fingerprint density at radius 3 is 2.74 bits per heavy atom. The minimum atomic E-state index is -0.857. The third-order valence-electron chi connectivity index (χ3n) is 4.31. The fourth-order valence-electron chi connectivity index (χ4n) is 2.92. The second-order valence-corrected chi connectivity index (χ2v) is 5.98. The fourth-order valence-corrected chi connectivity index (χ4v) is 2.92. The first kappa shape index (κ1) is 18.1. The van der Waals surface area contributed by atoms with E-state index in [2.05, 4.69) is 15.9 Å². The van der Waals surface area contributed by atoms with Crippen LogP contribution in [0.25, 0.3) is 0 Å². The zero-order valence-electron chi connectivity index (χ0n) is 14.2. The van der Waals surface area contributed by atoms with Gasteiger partial charge in [-0.15, -0.1) is 6.42 Å². The molecule has 0 bridgehead atoms. The van der Waals surface area contributed by atoms with Gasteiger partial charge in [0.25, 0.3) is 0 Å². The van der Waals surface area contributed by atoms with Crippen molar-refractivity contribution in [1.29, 1.82) is 0 Å². The summed E-state index contributed by atoms with van der Waals surface area (Å²) in [5, 5.41) is 20.8. The largest absolute Gasteiger partial charge is 0.481 e. The van der Waals surface area contributed by atoms with E-state index in [1.54, 1.807) is 29.2 Å². The summed E-state index contributed by atoms with van der Waals surface area (Å²) >= 11 is 0. The monoisotopic (exact) mass is 368 g/mol. The number of nitro groups is 1. The average molecular weight is 368 g/mol. The predicted octanol–water partition coefficient (Wildman–Crippen LogP) is 2.46. The maximum Gasteiger partial charge on any atom is 0.373 e. The van der Waals surface area contributed by atoms with Crippen LogP contribution in [0.15, 0.2) is 30.6 Å². The summed E-state index contributed by atoms with van der Waals surface area (Å²) in [4.78, 5) is 31.8. The van der Waals surface area contributed by atoms with E-state index >= 15 is 0 Å². The quantitative estimate of drug-likeness (QED) is 0.486. The number of rotatable bonds is 5. The predicted molar refractivity (Wildman–Crippen MR) is 95.7 cm³/mol. The number of benzene rings is 1. The van der Waals surface area contributed by atoms with Crippen LogP contribution in [0.2, 0.25) is 0 Å². The number of hydrogen-bond donors (Lipinski definition) is 1. The van der Waals surface area contributed by atoms with E-state index in [9.17, 15) is 14.9 Å². The number of aromatic nitrogens is 2. The number of ether oxygens (including phenoxy) is 1. The lowest BCUT2D eigenvalue weighted by molar-refractivity contribution is -0.385. The van der Waals surface area contributed by atoms with E-state index in [0.29, 0.717) is 37.2 Å².